The first-order valence-corrected chi connectivity index (χ1v) is 8.19. The molecule has 1 atom stereocenters. The van der Waals surface area contributed by atoms with Crippen LogP contribution in [0.15, 0.2) is 16.8 Å². The lowest BCUT2D eigenvalue weighted by Gasteiger charge is -2.32. The van der Waals surface area contributed by atoms with Crippen LogP contribution in [0.5, 0.6) is 0 Å². The molecule has 0 spiro atoms. The normalized spacial score (nSPS) is 16.2. The van der Waals surface area contributed by atoms with E-state index < -0.39 is 11.5 Å². The minimum atomic E-state index is -0.578. The summed E-state index contributed by atoms with van der Waals surface area (Å²) in [6.07, 6.45) is 5.62. The predicted octanol–water partition coefficient (Wildman–Crippen LogP) is 2.08. The van der Waals surface area contributed by atoms with Gasteiger partial charge in [-0.15, -0.1) is 0 Å². The zero-order valence-corrected chi connectivity index (χ0v) is 14.5. The third-order valence-electron chi connectivity index (χ3n) is 4.54. The summed E-state index contributed by atoms with van der Waals surface area (Å²) in [5.41, 5.74) is -0.268. The number of rotatable bonds is 6. The van der Waals surface area contributed by atoms with Gasteiger partial charge < -0.3 is 19.4 Å². The Morgan fingerprint density at radius 2 is 2.25 bits per heavy atom. The monoisotopic (exact) mass is 332 g/mol. The van der Waals surface area contributed by atoms with Crippen molar-refractivity contribution in [1.29, 1.82) is 0 Å². The summed E-state index contributed by atoms with van der Waals surface area (Å²) in [4.78, 5) is 21.5. The molecular formula is C17H24N4O3. The summed E-state index contributed by atoms with van der Waals surface area (Å²) >= 11 is 0. The van der Waals surface area contributed by atoms with Crippen molar-refractivity contribution in [3.8, 4) is 0 Å². The second-order valence-electron chi connectivity index (χ2n) is 7.18. The summed E-state index contributed by atoms with van der Waals surface area (Å²) in [5.74, 6) is 1.90. The number of oxazole rings is 1. The van der Waals surface area contributed by atoms with Gasteiger partial charge in [-0.25, -0.2) is 9.97 Å². The van der Waals surface area contributed by atoms with Crippen molar-refractivity contribution >= 4 is 5.91 Å². The number of carbonyl (C=O) groups excluding carboxylic acids is 1. The van der Waals surface area contributed by atoms with E-state index in [0.717, 1.165) is 12.8 Å². The molecule has 0 radical (unpaired) electrons. The number of hydrogen-bond acceptors (Lipinski definition) is 5. The van der Waals surface area contributed by atoms with Gasteiger partial charge in [0.1, 0.15) is 11.6 Å². The van der Waals surface area contributed by atoms with Gasteiger partial charge in [-0.05, 0) is 19.8 Å². The van der Waals surface area contributed by atoms with Gasteiger partial charge in [0.05, 0.1) is 12.6 Å². The molecule has 1 amide bonds. The van der Waals surface area contributed by atoms with Crippen LogP contribution in [0.3, 0.4) is 0 Å². The van der Waals surface area contributed by atoms with E-state index in [1.807, 2.05) is 31.7 Å². The molecule has 2 aromatic rings. The molecule has 1 unspecified atom stereocenters. The topological polar surface area (TPSA) is 93.2 Å². The highest BCUT2D eigenvalue weighted by Gasteiger charge is 2.36. The van der Waals surface area contributed by atoms with Crippen molar-refractivity contribution in [2.24, 2.45) is 12.5 Å². The maximum atomic E-state index is 12.7. The summed E-state index contributed by atoms with van der Waals surface area (Å²) in [6.45, 7) is 5.44. The van der Waals surface area contributed by atoms with E-state index in [0.29, 0.717) is 29.1 Å². The lowest BCUT2D eigenvalue weighted by Crippen LogP contribution is -2.41. The van der Waals surface area contributed by atoms with Gasteiger partial charge in [-0.1, -0.05) is 13.8 Å². The number of carbonyl (C=O) groups is 1. The molecule has 7 heteroatoms. The number of aryl methyl sites for hydroxylation is 2. The number of imidazole rings is 1. The molecule has 2 heterocycles. The fourth-order valence-corrected chi connectivity index (χ4v) is 2.69. The lowest BCUT2D eigenvalue weighted by molar-refractivity contribution is 0.0785. The van der Waals surface area contributed by atoms with Gasteiger partial charge in [0.15, 0.2) is 11.6 Å². The van der Waals surface area contributed by atoms with Crippen LogP contribution in [-0.4, -0.2) is 32.2 Å². The highest BCUT2D eigenvalue weighted by molar-refractivity contribution is 5.93. The van der Waals surface area contributed by atoms with E-state index in [1.165, 1.54) is 0 Å². The van der Waals surface area contributed by atoms with E-state index in [4.69, 9.17) is 4.42 Å². The molecule has 2 aromatic heterocycles. The summed E-state index contributed by atoms with van der Waals surface area (Å²) in [5, 5.41) is 12.7. The van der Waals surface area contributed by atoms with Crippen molar-refractivity contribution in [2.45, 2.75) is 45.6 Å². The number of aromatic nitrogens is 3. The van der Waals surface area contributed by atoms with E-state index in [1.54, 1.807) is 13.1 Å². The van der Waals surface area contributed by atoms with Crippen LogP contribution in [0.25, 0.3) is 0 Å². The molecule has 1 aliphatic carbocycles. The van der Waals surface area contributed by atoms with Gasteiger partial charge in [-0.3, -0.25) is 4.79 Å². The van der Waals surface area contributed by atoms with Crippen molar-refractivity contribution in [3.63, 3.8) is 0 Å². The maximum absolute atomic E-state index is 12.7. The van der Waals surface area contributed by atoms with Crippen LogP contribution < -0.4 is 5.32 Å². The molecular weight excluding hydrogens is 308 g/mol. The van der Waals surface area contributed by atoms with Crippen LogP contribution in [-0.2, 0) is 7.05 Å². The number of hydrogen-bond donors (Lipinski definition) is 2. The van der Waals surface area contributed by atoms with Crippen LogP contribution >= 0.6 is 0 Å². The van der Waals surface area contributed by atoms with Gasteiger partial charge in [0.25, 0.3) is 5.91 Å². The van der Waals surface area contributed by atoms with Crippen LogP contribution in [0.1, 0.15) is 66.6 Å². The summed E-state index contributed by atoms with van der Waals surface area (Å²) in [6, 6.07) is -0.449. The summed E-state index contributed by atoms with van der Waals surface area (Å²) in [7, 11) is 1.86. The van der Waals surface area contributed by atoms with E-state index >= 15 is 0 Å². The van der Waals surface area contributed by atoms with Crippen LogP contribution in [0.4, 0.5) is 0 Å². The Labute approximate surface area is 141 Å². The zero-order chi connectivity index (χ0) is 17.5. The zero-order valence-electron chi connectivity index (χ0n) is 14.5. The maximum Gasteiger partial charge on any atom is 0.274 e. The van der Waals surface area contributed by atoms with E-state index in [9.17, 15) is 9.90 Å². The second kappa shape index (κ2) is 6.05. The fourth-order valence-electron chi connectivity index (χ4n) is 2.69. The standard InChI is InChI=1S/C17H24N4O3/c1-10-12(19-16(24-10)11-5-6-11)15(23)20-13(17(2,3)9-22)14-18-7-8-21(14)4/h7-8,11,13,22H,5-6,9H2,1-4H3,(H,20,23). The van der Waals surface area contributed by atoms with E-state index in [2.05, 4.69) is 15.3 Å². The minimum Gasteiger partial charge on any atom is -0.445 e. The number of amides is 1. The lowest BCUT2D eigenvalue weighted by atomic mass is 9.84. The highest BCUT2D eigenvalue weighted by Crippen LogP contribution is 2.40. The fraction of sp³-hybridized carbons (Fsp3) is 0.588. The Morgan fingerprint density at radius 3 is 2.79 bits per heavy atom. The Hall–Kier alpha value is -2.15. The molecule has 24 heavy (non-hydrogen) atoms. The molecule has 1 aliphatic rings. The van der Waals surface area contributed by atoms with E-state index in [-0.39, 0.29) is 12.5 Å². The largest absolute Gasteiger partial charge is 0.445 e. The Bertz CT molecular complexity index is 743. The Kier molecular flexibility index (Phi) is 4.21. The molecule has 1 fully saturated rings. The van der Waals surface area contributed by atoms with Gasteiger partial charge in [0.2, 0.25) is 0 Å². The average molecular weight is 332 g/mol. The quantitative estimate of drug-likeness (QED) is 0.845. The highest BCUT2D eigenvalue weighted by atomic mass is 16.4. The molecule has 130 valence electrons. The molecule has 0 saturated heterocycles. The number of nitrogens with one attached hydrogen (secondary N) is 1. The molecule has 7 nitrogen and oxygen atoms in total. The Balaban J connectivity index is 1.87. The van der Waals surface area contributed by atoms with Crippen molar-refractivity contribution in [3.05, 3.63) is 35.6 Å². The molecule has 3 rings (SSSR count). The van der Waals surface area contributed by atoms with Crippen LogP contribution in [0.2, 0.25) is 0 Å². The second-order valence-corrected chi connectivity index (χ2v) is 7.18. The molecule has 0 aromatic carbocycles. The van der Waals surface area contributed by atoms with Crippen LogP contribution in [0, 0.1) is 12.3 Å². The smallest absolute Gasteiger partial charge is 0.274 e. The third kappa shape index (κ3) is 3.08. The first-order chi connectivity index (χ1) is 11.3. The van der Waals surface area contributed by atoms with Crippen molar-refractivity contribution in [1.82, 2.24) is 19.9 Å². The third-order valence-corrected chi connectivity index (χ3v) is 4.54. The average Bonchev–Trinajstić information content (AvgIpc) is 3.20. The molecule has 0 aliphatic heterocycles. The van der Waals surface area contributed by atoms with Gasteiger partial charge in [-0.2, -0.15) is 0 Å². The summed E-state index contributed by atoms with van der Waals surface area (Å²) < 4.78 is 7.47. The first kappa shape index (κ1) is 16.7. The number of aliphatic hydroxyl groups excluding tert-OH is 1. The molecule has 2 N–H and O–H groups in total. The minimum absolute atomic E-state index is 0.0874. The number of aliphatic hydroxyl groups is 1. The molecule has 0 bridgehead atoms. The van der Waals surface area contributed by atoms with Gasteiger partial charge in [0, 0.05) is 30.8 Å². The first-order valence-electron chi connectivity index (χ1n) is 8.19. The Morgan fingerprint density at radius 1 is 1.54 bits per heavy atom. The molecule has 1 saturated carbocycles. The van der Waals surface area contributed by atoms with Crippen molar-refractivity contribution < 1.29 is 14.3 Å². The number of nitrogens with zero attached hydrogens (tertiary/aromatic N) is 3. The predicted molar refractivity (Wildman–Crippen MR) is 87.5 cm³/mol. The van der Waals surface area contributed by atoms with Gasteiger partial charge >= 0.3 is 0 Å². The SMILES string of the molecule is Cc1oc(C2CC2)nc1C(=O)NC(c1nccn1C)C(C)(C)CO. The van der Waals surface area contributed by atoms with Crippen molar-refractivity contribution in [2.75, 3.05) is 6.61 Å².